The van der Waals surface area contributed by atoms with E-state index in [4.69, 9.17) is 16.3 Å². The number of hydrogen-bond donors (Lipinski definition) is 1. The Morgan fingerprint density at radius 3 is 2.78 bits per heavy atom. The highest BCUT2D eigenvalue weighted by atomic mass is 79.9. The normalized spacial score (nSPS) is 10.4. The number of carbonyl (C=O) groups excluding carboxylic acids is 1. The van der Waals surface area contributed by atoms with Gasteiger partial charge in [-0.15, -0.1) is 11.8 Å². The topological polar surface area (TPSA) is 38.3 Å². The summed E-state index contributed by atoms with van der Waals surface area (Å²) in [6.07, 6.45) is 0. The number of methoxy groups -OCH3 is 1. The summed E-state index contributed by atoms with van der Waals surface area (Å²) in [6, 6.07) is 11.4. The second kappa shape index (κ2) is 8.62. The Balaban J connectivity index is 1.85. The number of hydrogen-bond acceptors (Lipinski definition) is 3. The molecular weight excluding hydrogens is 398 g/mol. The number of ether oxygens (including phenoxy) is 1. The maximum Gasteiger partial charge on any atom is 0.234 e. The first kappa shape index (κ1) is 18.2. The molecule has 1 amide bonds. The van der Waals surface area contributed by atoms with Gasteiger partial charge in [0.2, 0.25) is 5.91 Å². The molecule has 0 aliphatic carbocycles. The Bertz CT molecular complexity index is 709. The van der Waals surface area contributed by atoms with Gasteiger partial charge in [-0.25, -0.2) is 0 Å². The summed E-state index contributed by atoms with van der Waals surface area (Å²) in [5.74, 6) is 1.90. The quantitative estimate of drug-likeness (QED) is 0.698. The van der Waals surface area contributed by atoms with E-state index < -0.39 is 0 Å². The van der Waals surface area contributed by atoms with Crippen molar-refractivity contribution in [1.29, 1.82) is 0 Å². The van der Waals surface area contributed by atoms with E-state index in [1.165, 1.54) is 0 Å². The molecule has 0 saturated heterocycles. The average Bonchev–Trinajstić information content (AvgIpc) is 2.51. The number of aryl methyl sites for hydroxylation is 1. The number of amides is 1. The summed E-state index contributed by atoms with van der Waals surface area (Å²) in [5, 5.41) is 3.51. The molecule has 2 rings (SSSR count). The molecule has 0 bridgehead atoms. The lowest BCUT2D eigenvalue weighted by Gasteiger charge is -2.09. The molecule has 122 valence electrons. The zero-order valence-corrected chi connectivity index (χ0v) is 16.0. The van der Waals surface area contributed by atoms with E-state index in [-0.39, 0.29) is 5.91 Å². The lowest BCUT2D eigenvalue weighted by atomic mass is 10.2. The monoisotopic (exact) mass is 413 g/mol. The van der Waals surface area contributed by atoms with Crippen molar-refractivity contribution in [2.24, 2.45) is 0 Å². The van der Waals surface area contributed by atoms with Crippen LogP contribution in [0.15, 0.2) is 40.9 Å². The molecule has 0 radical (unpaired) electrons. The predicted octanol–water partition coefficient (Wildman–Crippen LogP) is 5.29. The van der Waals surface area contributed by atoms with Crippen LogP contribution in [-0.2, 0) is 10.5 Å². The van der Waals surface area contributed by atoms with Crippen molar-refractivity contribution < 1.29 is 9.53 Å². The summed E-state index contributed by atoms with van der Waals surface area (Å²) in [6.45, 7) is 1.94. The summed E-state index contributed by atoms with van der Waals surface area (Å²) in [5.41, 5.74) is 2.89. The van der Waals surface area contributed by atoms with Gasteiger partial charge in [-0.05, 0) is 58.2 Å². The summed E-state index contributed by atoms with van der Waals surface area (Å²) in [7, 11) is 1.64. The molecule has 3 nitrogen and oxygen atoms in total. The Hall–Kier alpha value is -1.17. The Morgan fingerprint density at radius 2 is 2.09 bits per heavy atom. The maximum absolute atomic E-state index is 12.0. The van der Waals surface area contributed by atoms with Crippen LogP contribution in [0.1, 0.15) is 11.1 Å². The van der Waals surface area contributed by atoms with Crippen molar-refractivity contribution in [3.05, 3.63) is 57.0 Å². The molecular formula is C17H17BrClNO2S. The highest BCUT2D eigenvalue weighted by Crippen LogP contribution is 2.27. The Morgan fingerprint density at radius 1 is 1.30 bits per heavy atom. The molecule has 23 heavy (non-hydrogen) atoms. The van der Waals surface area contributed by atoms with Gasteiger partial charge in [0.15, 0.2) is 0 Å². The predicted molar refractivity (Wildman–Crippen MR) is 102 cm³/mol. The minimum absolute atomic E-state index is 0.0343. The van der Waals surface area contributed by atoms with Gasteiger partial charge < -0.3 is 10.1 Å². The molecule has 0 unspecified atom stereocenters. The Labute approximate surface area is 153 Å². The summed E-state index contributed by atoms with van der Waals surface area (Å²) in [4.78, 5) is 12.0. The third-order valence-electron chi connectivity index (χ3n) is 3.19. The van der Waals surface area contributed by atoms with Crippen LogP contribution in [-0.4, -0.2) is 18.8 Å². The first-order valence-corrected chi connectivity index (χ1v) is 9.28. The smallest absolute Gasteiger partial charge is 0.234 e. The molecule has 0 aliphatic heterocycles. The van der Waals surface area contributed by atoms with Crippen LogP contribution in [0.4, 0.5) is 5.69 Å². The minimum Gasteiger partial charge on any atom is -0.496 e. The number of nitrogens with one attached hydrogen (secondary N) is 1. The van der Waals surface area contributed by atoms with Crippen LogP contribution in [0.2, 0.25) is 5.02 Å². The van der Waals surface area contributed by atoms with Crippen molar-refractivity contribution in [1.82, 2.24) is 0 Å². The van der Waals surface area contributed by atoms with Gasteiger partial charge in [-0.3, -0.25) is 4.79 Å². The largest absolute Gasteiger partial charge is 0.496 e. The zero-order valence-electron chi connectivity index (χ0n) is 12.9. The number of rotatable bonds is 6. The molecule has 0 aromatic heterocycles. The molecule has 0 saturated carbocycles. The second-order valence-electron chi connectivity index (χ2n) is 4.97. The van der Waals surface area contributed by atoms with E-state index in [0.29, 0.717) is 10.8 Å². The fourth-order valence-corrected chi connectivity index (χ4v) is 3.51. The number of anilines is 1. The van der Waals surface area contributed by atoms with Gasteiger partial charge in [-0.2, -0.15) is 0 Å². The van der Waals surface area contributed by atoms with E-state index in [1.807, 2.05) is 37.3 Å². The van der Waals surface area contributed by atoms with E-state index in [2.05, 4.69) is 21.2 Å². The second-order valence-corrected chi connectivity index (χ2v) is 7.25. The van der Waals surface area contributed by atoms with E-state index in [0.717, 1.165) is 32.8 Å². The van der Waals surface area contributed by atoms with Crippen LogP contribution in [0.25, 0.3) is 0 Å². The van der Waals surface area contributed by atoms with Crippen molar-refractivity contribution in [2.75, 3.05) is 18.2 Å². The number of thioether (sulfide) groups is 1. The van der Waals surface area contributed by atoms with Crippen molar-refractivity contribution in [2.45, 2.75) is 12.7 Å². The molecule has 2 aromatic rings. The summed E-state index contributed by atoms with van der Waals surface area (Å²) < 4.78 is 6.12. The average molecular weight is 415 g/mol. The number of benzene rings is 2. The van der Waals surface area contributed by atoms with Crippen LogP contribution in [0.3, 0.4) is 0 Å². The molecule has 0 heterocycles. The van der Waals surface area contributed by atoms with Gasteiger partial charge in [-0.1, -0.05) is 23.7 Å². The zero-order chi connectivity index (χ0) is 16.8. The standard InChI is InChI=1S/C17H17BrClNO2S/c1-11-3-5-13(19)8-15(11)20-17(21)10-23-9-12-4-6-16(22-2)14(18)7-12/h3-8H,9-10H2,1-2H3,(H,20,21). The van der Waals surface area contributed by atoms with Crippen LogP contribution in [0.5, 0.6) is 5.75 Å². The van der Waals surface area contributed by atoms with Crippen molar-refractivity contribution in [3.63, 3.8) is 0 Å². The molecule has 2 aromatic carbocycles. The first-order chi connectivity index (χ1) is 11.0. The van der Waals surface area contributed by atoms with Crippen LogP contribution >= 0.6 is 39.3 Å². The number of carbonyl (C=O) groups is 1. The van der Waals surface area contributed by atoms with E-state index >= 15 is 0 Å². The van der Waals surface area contributed by atoms with E-state index in [1.54, 1.807) is 24.9 Å². The fraction of sp³-hybridized carbons (Fsp3) is 0.235. The van der Waals surface area contributed by atoms with Gasteiger partial charge in [0.05, 0.1) is 17.3 Å². The third kappa shape index (κ3) is 5.44. The SMILES string of the molecule is COc1ccc(CSCC(=O)Nc2cc(Cl)ccc2C)cc1Br. The minimum atomic E-state index is -0.0343. The molecule has 0 fully saturated rings. The van der Waals surface area contributed by atoms with Crippen LogP contribution < -0.4 is 10.1 Å². The molecule has 0 aliphatic rings. The summed E-state index contributed by atoms with van der Waals surface area (Å²) >= 11 is 11.0. The van der Waals surface area contributed by atoms with E-state index in [9.17, 15) is 4.79 Å². The van der Waals surface area contributed by atoms with Gasteiger partial charge in [0.25, 0.3) is 0 Å². The lowest BCUT2D eigenvalue weighted by molar-refractivity contribution is -0.113. The maximum atomic E-state index is 12.0. The molecule has 1 N–H and O–H groups in total. The van der Waals surface area contributed by atoms with Crippen molar-refractivity contribution in [3.8, 4) is 5.75 Å². The van der Waals surface area contributed by atoms with Gasteiger partial charge in [0, 0.05) is 16.5 Å². The molecule has 0 spiro atoms. The molecule has 6 heteroatoms. The fourth-order valence-electron chi connectivity index (χ4n) is 1.98. The molecule has 0 atom stereocenters. The first-order valence-electron chi connectivity index (χ1n) is 6.95. The van der Waals surface area contributed by atoms with Gasteiger partial charge in [0.1, 0.15) is 5.75 Å². The van der Waals surface area contributed by atoms with Gasteiger partial charge >= 0.3 is 0 Å². The highest BCUT2D eigenvalue weighted by molar-refractivity contribution is 9.10. The van der Waals surface area contributed by atoms with Crippen molar-refractivity contribution >= 4 is 50.9 Å². The van der Waals surface area contributed by atoms with Crippen LogP contribution in [0, 0.1) is 6.92 Å². The third-order valence-corrected chi connectivity index (χ3v) is 5.05. The highest BCUT2D eigenvalue weighted by Gasteiger charge is 2.07. The Kier molecular flexibility index (Phi) is 6.81. The number of halogens is 2. The lowest BCUT2D eigenvalue weighted by Crippen LogP contribution is -2.15.